The Morgan fingerprint density at radius 3 is 2.22 bits per heavy atom. The summed E-state index contributed by atoms with van der Waals surface area (Å²) >= 11 is 5.27. The third kappa shape index (κ3) is 3.73. The number of carbonyl (C=O) groups is 2. The molecule has 0 radical (unpaired) electrons. The van der Waals surface area contributed by atoms with E-state index >= 15 is 0 Å². The van der Waals surface area contributed by atoms with Crippen molar-refractivity contribution in [2.75, 3.05) is 11.9 Å². The molecule has 0 unspecified atom stereocenters. The maximum atomic E-state index is 12.3. The molecule has 0 heterocycles. The van der Waals surface area contributed by atoms with Crippen LogP contribution in [0, 0.1) is 6.92 Å². The van der Waals surface area contributed by atoms with Crippen molar-refractivity contribution in [1.82, 2.24) is 5.32 Å². The number of nitrogens with zero attached hydrogens (tertiary/aromatic N) is 1. The summed E-state index contributed by atoms with van der Waals surface area (Å²) in [5, 5.41) is 2.85. The van der Waals surface area contributed by atoms with E-state index in [4.69, 9.17) is 18.0 Å². The minimum absolute atomic E-state index is 0.187. The van der Waals surface area contributed by atoms with Crippen molar-refractivity contribution in [3.8, 4) is 0 Å². The molecule has 0 saturated carbocycles. The molecular formula is C17H17N3O2S. The van der Waals surface area contributed by atoms with Crippen LogP contribution in [0.2, 0.25) is 0 Å². The summed E-state index contributed by atoms with van der Waals surface area (Å²) in [4.78, 5) is 25.4. The average molecular weight is 327 g/mol. The second-order valence-electron chi connectivity index (χ2n) is 5.01. The van der Waals surface area contributed by atoms with Gasteiger partial charge in [0.25, 0.3) is 11.8 Å². The molecule has 0 aliphatic heterocycles. The van der Waals surface area contributed by atoms with Gasteiger partial charge in [0.05, 0.1) is 11.3 Å². The van der Waals surface area contributed by atoms with Gasteiger partial charge >= 0.3 is 0 Å². The molecule has 0 aromatic heterocycles. The Morgan fingerprint density at radius 1 is 1.04 bits per heavy atom. The van der Waals surface area contributed by atoms with E-state index in [0.717, 1.165) is 5.56 Å². The van der Waals surface area contributed by atoms with E-state index < -0.39 is 5.91 Å². The van der Waals surface area contributed by atoms with Gasteiger partial charge in [0.2, 0.25) is 0 Å². The van der Waals surface area contributed by atoms with Crippen molar-refractivity contribution in [2.24, 2.45) is 5.73 Å². The zero-order valence-corrected chi connectivity index (χ0v) is 13.7. The van der Waals surface area contributed by atoms with E-state index in [1.807, 2.05) is 19.1 Å². The highest BCUT2D eigenvalue weighted by Gasteiger charge is 2.17. The van der Waals surface area contributed by atoms with Crippen molar-refractivity contribution in [3.63, 3.8) is 0 Å². The SMILES string of the molecule is Cc1ccccc1C(=O)NC(=S)N(C)c1ccccc1C(N)=O. The van der Waals surface area contributed by atoms with Crippen LogP contribution in [0.15, 0.2) is 48.5 Å². The number of anilines is 1. The van der Waals surface area contributed by atoms with Crippen LogP contribution in [-0.2, 0) is 0 Å². The van der Waals surface area contributed by atoms with Gasteiger partial charge in [0.1, 0.15) is 0 Å². The fourth-order valence-electron chi connectivity index (χ4n) is 2.16. The van der Waals surface area contributed by atoms with Crippen LogP contribution in [0.1, 0.15) is 26.3 Å². The van der Waals surface area contributed by atoms with Gasteiger partial charge in [0.15, 0.2) is 5.11 Å². The lowest BCUT2D eigenvalue weighted by molar-refractivity contribution is 0.0974. The number of nitrogens with one attached hydrogen (secondary N) is 1. The standard InChI is InChI=1S/C17H17N3O2S/c1-11-7-3-4-8-12(11)16(22)19-17(23)20(2)14-10-6-5-9-13(14)15(18)21/h3-10H,1-2H3,(H2,18,21)(H,19,22,23). The molecule has 0 spiro atoms. The molecule has 6 heteroatoms. The highest BCUT2D eigenvalue weighted by atomic mass is 32.1. The first-order valence-corrected chi connectivity index (χ1v) is 7.36. The molecular weight excluding hydrogens is 310 g/mol. The number of nitrogens with two attached hydrogens (primary N) is 1. The Hall–Kier alpha value is -2.73. The van der Waals surface area contributed by atoms with Crippen LogP contribution in [0.4, 0.5) is 5.69 Å². The zero-order chi connectivity index (χ0) is 17.0. The third-order valence-electron chi connectivity index (χ3n) is 3.45. The molecule has 2 aromatic carbocycles. The minimum atomic E-state index is -0.555. The number of hydrogen-bond acceptors (Lipinski definition) is 3. The maximum Gasteiger partial charge on any atom is 0.257 e. The molecule has 0 aliphatic rings. The van der Waals surface area contributed by atoms with Crippen molar-refractivity contribution in [3.05, 3.63) is 65.2 Å². The molecule has 5 nitrogen and oxygen atoms in total. The molecule has 2 rings (SSSR count). The fourth-order valence-corrected chi connectivity index (χ4v) is 2.35. The number of aryl methyl sites for hydroxylation is 1. The summed E-state index contributed by atoms with van der Waals surface area (Å²) in [6.45, 7) is 1.85. The summed E-state index contributed by atoms with van der Waals surface area (Å²) < 4.78 is 0. The van der Waals surface area contributed by atoms with Gasteiger partial charge in [-0.05, 0) is 42.9 Å². The number of benzene rings is 2. The predicted octanol–water partition coefficient (Wildman–Crippen LogP) is 2.25. The molecule has 2 aromatic rings. The number of thiocarbonyl (C=S) groups is 1. The largest absolute Gasteiger partial charge is 0.366 e. The number of para-hydroxylation sites is 1. The van der Waals surface area contributed by atoms with E-state index in [-0.39, 0.29) is 11.0 Å². The normalized spacial score (nSPS) is 10.0. The van der Waals surface area contributed by atoms with Gasteiger partial charge in [-0.15, -0.1) is 0 Å². The van der Waals surface area contributed by atoms with E-state index in [9.17, 15) is 9.59 Å². The van der Waals surface area contributed by atoms with E-state index in [0.29, 0.717) is 16.8 Å². The van der Waals surface area contributed by atoms with Crippen molar-refractivity contribution < 1.29 is 9.59 Å². The number of rotatable bonds is 3. The molecule has 3 N–H and O–H groups in total. The molecule has 118 valence electrons. The van der Waals surface area contributed by atoms with Gasteiger partial charge in [-0.25, -0.2) is 0 Å². The zero-order valence-electron chi connectivity index (χ0n) is 12.9. The Bertz CT molecular complexity index is 774. The lowest BCUT2D eigenvalue weighted by atomic mass is 10.1. The quantitative estimate of drug-likeness (QED) is 0.848. The Morgan fingerprint density at radius 2 is 1.61 bits per heavy atom. The van der Waals surface area contributed by atoms with Gasteiger partial charge in [0, 0.05) is 12.6 Å². The maximum absolute atomic E-state index is 12.3. The predicted molar refractivity (Wildman–Crippen MR) is 94.6 cm³/mol. The molecule has 0 atom stereocenters. The number of amides is 2. The number of carbonyl (C=O) groups excluding carboxylic acids is 2. The van der Waals surface area contributed by atoms with Gasteiger partial charge in [-0.1, -0.05) is 30.3 Å². The van der Waals surface area contributed by atoms with Crippen molar-refractivity contribution in [1.29, 1.82) is 0 Å². The third-order valence-corrected chi connectivity index (χ3v) is 3.82. The summed E-state index contributed by atoms with van der Waals surface area (Å²) in [7, 11) is 1.67. The lowest BCUT2D eigenvalue weighted by Crippen LogP contribution is -2.41. The second kappa shape index (κ2) is 7.02. The second-order valence-corrected chi connectivity index (χ2v) is 5.40. The van der Waals surface area contributed by atoms with E-state index in [1.165, 1.54) is 0 Å². The first kappa shape index (κ1) is 16.6. The van der Waals surface area contributed by atoms with E-state index in [2.05, 4.69) is 5.32 Å². The van der Waals surface area contributed by atoms with Gasteiger partial charge in [-0.3, -0.25) is 14.9 Å². The highest BCUT2D eigenvalue weighted by Crippen LogP contribution is 2.19. The summed E-state index contributed by atoms with van der Waals surface area (Å²) in [5.41, 5.74) is 7.64. The summed E-state index contributed by atoms with van der Waals surface area (Å²) in [5.74, 6) is -0.850. The fraction of sp³-hybridized carbons (Fsp3) is 0.118. The number of primary amides is 1. The van der Waals surface area contributed by atoms with Gasteiger partial charge < -0.3 is 10.6 Å². The van der Waals surface area contributed by atoms with Crippen LogP contribution >= 0.6 is 12.2 Å². The van der Waals surface area contributed by atoms with Crippen molar-refractivity contribution >= 4 is 34.8 Å². The Balaban J connectivity index is 2.20. The molecule has 0 bridgehead atoms. The average Bonchev–Trinajstić information content (AvgIpc) is 2.54. The first-order valence-electron chi connectivity index (χ1n) is 6.95. The van der Waals surface area contributed by atoms with Crippen molar-refractivity contribution in [2.45, 2.75) is 6.92 Å². The molecule has 23 heavy (non-hydrogen) atoms. The first-order chi connectivity index (χ1) is 10.9. The lowest BCUT2D eigenvalue weighted by Gasteiger charge is -2.22. The molecule has 0 saturated heterocycles. The number of hydrogen-bond donors (Lipinski definition) is 2. The van der Waals surface area contributed by atoms with Crippen LogP contribution in [-0.4, -0.2) is 24.0 Å². The van der Waals surface area contributed by atoms with Crippen LogP contribution < -0.4 is 16.0 Å². The Labute approximate surface area is 140 Å². The monoisotopic (exact) mass is 327 g/mol. The topological polar surface area (TPSA) is 75.4 Å². The van der Waals surface area contributed by atoms with E-state index in [1.54, 1.807) is 48.3 Å². The highest BCUT2D eigenvalue weighted by molar-refractivity contribution is 7.80. The van der Waals surface area contributed by atoms with Crippen LogP contribution in [0.25, 0.3) is 0 Å². The minimum Gasteiger partial charge on any atom is -0.366 e. The molecule has 0 aliphatic carbocycles. The molecule has 0 fully saturated rings. The van der Waals surface area contributed by atoms with Crippen LogP contribution in [0.5, 0.6) is 0 Å². The smallest absolute Gasteiger partial charge is 0.257 e. The summed E-state index contributed by atoms with van der Waals surface area (Å²) in [6, 6.07) is 14.0. The van der Waals surface area contributed by atoms with Crippen LogP contribution in [0.3, 0.4) is 0 Å². The van der Waals surface area contributed by atoms with Gasteiger partial charge in [-0.2, -0.15) is 0 Å². The molecule has 2 amide bonds. The Kier molecular flexibility index (Phi) is 5.08. The summed E-state index contributed by atoms with van der Waals surface area (Å²) in [6.07, 6.45) is 0.